The molecule has 1 rings (SSSR count). The van der Waals surface area contributed by atoms with Crippen LogP contribution >= 0.6 is 11.6 Å². The molecule has 0 saturated heterocycles. The van der Waals surface area contributed by atoms with E-state index in [0.717, 1.165) is 0 Å². The van der Waals surface area contributed by atoms with Crippen LogP contribution in [0.3, 0.4) is 0 Å². The zero-order chi connectivity index (χ0) is 5.98. The van der Waals surface area contributed by atoms with Crippen LogP contribution in [0.15, 0.2) is 16.3 Å². The molecule has 0 aliphatic carbocycles. The summed E-state index contributed by atoms with van der Waals surface area (Å²) in [7, 11) is 0. The van der Waals surface area contributed by atoms with Gasteiger partial charge in [0.25, 0.3) is 11.0 Å². The Labute approximate surface area is 51.5 Å². The molecule has 4 heteroatoms. The number of halogens is 1. The number of amidine groups is 1. The standard InChI is InChI=1S/C4H3ClN3/c5-3-1-2-4(6)8-7-3/h2H,(H2,6,8)/q+1. The molecule has 0 aromatic carbocycles. The van der Waals surface area contributed by atoms with Crippen LogP contribution in [0.2, 0.25) is 0 Å². The third-order valence-corrected chi connectivity index (χ3v) is 0.777. The molecule has 1 aliphatic rings. The van der Waals surface area contributed by atoms with Gasteiger partial charge >= 0.3 is 0 Å². The van der Waals surface area contributed by atoms with E-state index in [9.17, 15) is 0 Å². The van der Waals surface area contributed by atoms with Gasteiger partial charge < -0.3 is 5.73 Å². The van der Waals surface area contributed by atoms with E-state index in [2.05, 4.69) is 16.3 Å². The normalized spacial score (nSPS) is 16.6. The topological polar surface area (TPSA) is 50.7 Å². The molecule has 0 unspecified atom stereocenters. The smallest absolute Gasteiger partial charge is 0.297 e. The monoisotopic (exact) mass is 128 g/mol. The summed E-state index contributed by atoms with van der Waals surface area (Å²) in [5.41, 5.74) is 5.16. The molecule has 40 valence electrons. The molecular formula is C4H3ClN3+. The first-order chi connectivity index (χ1) is 3.79. The molecule has 0 spiro atoms. The van der Waals surface area contributed by atoms with Gasteiger partial charge in [-0.1, -0.05) is 5.10 Å². The average Bonchev–Trinajstić information content (AvgIpc) is 1.77. The Morgan fingerprint density at radius 2 is 2.38 bits per heavy atom. The van der Waals surface area contributed by atoms with Gasteiger partial charge in [0.15, 0.2) is 0 Å². The van der Waals surface area contributed by atoms with E-state index >= 15 is 0 Å². The van der Waals surface area contributed by atoms with Gasteiger partial charge in [-0.05, 0) is 16.7 Å². The fraction of sp³-hybridized carbons (Fsp3) is 0. The summed E-state index contributed by atoms with van der Waals surface area (Å²) in [6.45, 7) is 0. The molecule has 0 bridgehead atoms. The summed E-state index contributed by atoms with van der Waals surface area (Å²) >= 11 is 5.33. The second-order valence-electron chi connectivity index (χ2n) is 1.20. The molecule has 0 saturated carbocycles. The van der Waals surface area contributed by atoms with E-state index in [1.54, 1.807) is 0 Å². The van der Waals surface area contributed by atoms with Crippen molar-refractivity contribution in [2.24, 2.45) is 15.9 Å². The van der Waals surface area contributed by atoms with Crippen molar-refractivity contribution in [3.8, 4) is 0 Å². The number of hydrogen-bond donors (Lipinski definition) is 1. The number of nitrogens with zero attached hydrogens (tertiary/aromatic N) is 2. The van der Waals surface area contributed by atoms with Crippen molar-refractivity contribution in [2.75, 3.05) is 0 Å². The number of hydrogen-bond acceptors (Lipinski definition) is 3. The number of allylic oxidation sites excluding steroid dienone is 1. The summed E-state index contributed by atoms with van der Waals surface area (Å²) in [5.74, 6) is 0.328. The van der Waals surface area contributed by atoms with E-state index in [-0.39, 0.29) is 5.17 Å². The van der Waals surface area contributed by atoms with Gasteiger partial charge in [-0.25, -0.2) is 0 Å². The van der Waals surface area contributed by atoms with Crippen molar-refractivity contribution >= 4 is 22.6 Å². The SMILES string of the molecule is NC1=NN=C(Cl)[C+]=C1. The van der Waals surface area contributed by atoms with Gasteiger partial charge in [0.2, 0.25) is 6.08 Å². The Hall–Kier alpha value is -0.920. The van der Waals surface area contributed by atoms with Gasteiger partial charge in [-0.2, -0.15) is 0 Å². The Kier molecular flexibility index (Phi) is 1.24. The summed E-state index contributed by atoms with van der Waals surface area (Å²) in [6, 6.07) is 0. The Bertz CT molecular complexity index is 160. The van der Waals surface area contributed by atoms with Crippen LogP contribution in [0.5, 0.6) is 0 Å². The van der Waals surface area contributed by atoms with Crippen LogP contribution in [0.4, 0.5) is 0 Å². The van der Waals surface area contributed by atoms with Crippen LogP contribution in [-0.2, 0) is 0 Å². The molecule has 0 fully saturated rings. The van der Waals surface area contributed by atoms with Gasteiger partial charge in [0.1, 0.15) is 6.08 Å². The van der Waals surface area contributed by atoms with E-state index in [4.69, 9.17) is 17.3 Å². The lowest BCUT2D eigenvalue weighted by molar-refractivity contribution is 1.22. The lowest BCUT2D eigenvalue weighted by atomic mass is 10.5. The van der Waals surface area contributed by atoms with Crippen molar-refractivity contribution < 1.29 is 0 Å². The lowest BCUT2D eigenvalue weighted by Crippen LogP contribution is -2.09. The zero-order valence-electron chi connectivity index (χ0n) is 3.93. The van der Waals surface area contributed by atoms with Crippen molar-refractivity contribution in [3.63, 3.8) is 0 Å². The highest BCUT2D eigenvalue weighted by atomic mass is 35.5. The summed E-state index contributed by atoms with van der Waals surface area (Å²) in [5, 5.41) is 7.09. The Morgan fingerprint density at radius 3 is 2.75 bits per heavy atom. The van der Waals surface area contributed by atoms with E-state index in [0.29, 0.717) is 5.84 Å². The van der Waals surface area contributed by atoms with Crippen LogP contribution in [0, 0.1) is 6.08 Å². The van der Waals surface area contributed by atoms with Crippen molar-refractivity contribution in [2.45, 2.75) is 0 Å². The minimum Gasteiger partial charge on any atom is -0.306 e. The van der Waals surface area contributed by atoms with E-state index < -0.39 is 0 Å². The summed E-state index contributed by atoms with van der Waals surface area (Å²) in [4.78, 5) is 0. The van der Waals surface area contributed by atoms with Crippen molar-refractivity contribution in [1.82, 2.24) is 0 Å². The first-order valence-corrected chi connectivity index (χ1v) is 2.33. The van der Waals surface area contributed by atoms with Crippen LogP contribution < -0.4 is 5.73 Å². The Morgan fingerprint density at radius 1 is 1.62 bits per heavy atom. The fourth-order valence-electron chi connectivity index (χ4n) is 0.293. The summed E-state index contributed by atoms with van der Waals surface area (Å²) in [6.07, 6.45) is 4.03. The first-order valence-electron chi connectivity index (χ1n) is 1.95. The third-order valence-electron chi connectivity index (χ3n) is 0.592. The van der Waals surface area contributed by atoms with Gasteiger partial charge in [-0.15, -0.1) is 0 Å². The lowest BCUT2D eigenvalue weighted by Gasteiger charge is -1.79. The van der Waals surface area contributed by atoms with Crippen LogP contribution in [0.1, 0.15) is 0 Å². The predicted octanol–water partition coefficient (Wildman–Crippen LogP) is 0.269. The van der Waals surface area contributed by atoms with Crippen molar-refractivity contribution in [1.29, 1.82) is 0 Å². The highest BCUT2D eigenvalue weighted by molar-refractivity contribution is 6.67. The zero-order valence-corrected chi connectivity index (χ0v) is 4.68. The molecule has 0 aromatic rings. The Balaban J connectivity index is 2.86. The molecular weight excluding hydrogens is 126 g/mol. The maximum absolute atomic E-state index is 5.33. The molecule has 1 aliphatic heterocycles. The van der Waals surface area contributed by atoms with Crippen LogP contribution in [0.25, 0.3) is 0 Å². The summed E-state index contributed by atoms with van der Waals surface area (Å²) < 4.78 is 0. The average molecular weight is 129 g/mol. The third kappa shape index (κ3) is 1.03. The molecule has 0 radical (unpaired) electrons. The highest BCUT2D eigenvalue weighted by Crippen LogP contribution is 1.93. The fourth-order valence-corrected chi connectivity index (χ4v) is 0.385. The molecule has 0 aromatic heterocycles. The second-order valence-corrected chi connectivity index (χ2v) is 1.56. The minimum atomic E-state index is 0.235. The van der Waals surface area contributed by atoms with Gasteiger partial charge in [0.05, 0.1) is 0 Å². The molecule has 0 amide bonds. The first kappa shape index (κ1) is 5.22. The quantitative estimate of drug-likeness (QED) is 0.468. The van der Waals surface area contributed by atoms with Gasteiger partial charge in [0, 0.05) is 0 Å². The predicted molar refractivity (Wildman–Crippen MR) is 32.7 cm³/mol. The van der Waals surface area contributed by atoms with Crippen LogP contribution in [-0.4, -0.2) is 11.0 Å². The molecule has 2 N–H and O–H groups in total. The largest absolute Gasteiger partial charge is 0.306 e. The number of rotatable bonds is 0. The minimum absolute atomic E-state index is 0.235. The highest BCUT2D eigenvalue weighted by Gasteiger charge is 2.06. The molecule has 0 atom stereocenters. The molecule has 3 nitrogen and oxygen atoms in total. The second kappa shape index (κ2) is 1.90. The van der Waals surface area contributed by atoms with E-state index in [1.165, 1.54) is 6.08 Å². The maximum atomic E-state index is 5.33. The van der Waals surface area contributed by atoms with Crippen molar-refractivity contribution in [3.05, 3.63) is 12.2 Å². The molecule has 8 heavy (non-hydrogen) atoms. The number of nitrogens with two attached hydrogens (primary N) is 1. The maximum Gasteiger partial charge on any atom is 0.297 e. The molecule has 1 heterocycles. The van der Waals surface area contributed by atoms with Gasteiger partial charge in [-0.3, -0.25) is 0 Å². The van der Waals surface area contributed by atoms with E-state index in [1.807, 2.05) is 0 Å².